The van der Waals surface area contributed by atoms with Crippen LogP contribution in [0.25, 0.3) is 23.0 Å². The summed E-state index contributed by atoms with van der Waals surface area (Å²) in [7, 11) is 0. The van der Waals surface area contributed by atoms with Gasteiger partial charge in [-0.05, 0) is 48.9 Å². The molecule has 0 saturated carbocycles. The van der Waals surface area contributed by atoms with E-state index in [0.717, 1.165) is 46.7 Å². The van der Waals surface area contributed by atoms with E-state index in [9.17, 15) is 4.79 Å². The molecule has 5 aromatic rings. The molecular weight excluding hydrogens is 508 g/mol. The second-order valence-corrected chi connectivity index (χ2v) is 9.77. The van der Waals surface area contributed by atoms with Gasteiger partial charge in [0.2, 0.25) is 0 Å². The Morgan fingerprint density at radius 3 is 2.15 bits per heavy atom. The highest BCUT2D eigenvalue weighted by atomic mass is 16.5. The number of rotatable bonds is 9. The van der Waals surface area contributed by atoms with Crippen molar-refractivity contribution in [2.24, 2.45) is 5.10 Å². The first-order valence-corrected chi connectivity index (χ1v) is 13.8. The smallest absolute Gasteiger partial charge is 0.281 e. The standard InChI is InChI=1S/C35H30N4O2/c1-2-3-22-41-31-21-13-16-27(23-31)33-28(25-38(36-33)29-17-9-5-10-18-29)24-32-34(26-14-7-4-8-15-26)37-39(35(32)40)30-19-11-6-12-20-30/h4-21,23-25H,2-3,22H2,1H3/b32-24-. The van der Waals surface area contributed by atoms with Gasteiger partial charge >= 0.3 is 0 Å². The lowest BCUT2D eigenvalue weighted by atomic mass is 9.99. The van der Waals surface area contributed by atoms with Crippen LogP contribution in [0.2, 0.25) is 0 Å². The summed E-state index contributed by atoms with van der Waals surface area (Å²) in [5.41, 5.74) is 6.10. The average molecular weight is 539 g/mol. The Bertz CT molecular complexity index is 1710. The Labute approximate surface area is 239 Å². The molecule has 6 rings (SSSR count). The van der Waals surface area contributed by atoms with Crippen LogP contribution in [0.3, 0.4) is 0 Å². The van der Waals surface area contributed by atoms with Crippen molar-refractivity contribution < 1.29 is 9.53 Å². The SMILES string of the molecule is CCCCOc1cccc(-c2nn(-c3ccccc3)cc2/C=C2\C(=O)N(c3ccccc3)N=C2c2ccccc2)c1. The summed E-state index contributed by atoms with van der Waals surface area (Å²) >= 11 is 0. The largest absolute Gasteiger partial charge is 0.494 e. The average Bonchev–Trinajstić information content (AvgIpc) is 3.60. The molecule has 6 heteroatoms. The van der Waals surface area contributed by atoms with Crippen LogP contribution in [0.5, 0.6) is 5.75 Å². The van der Waals surface area contributed by atoms with Crippen LogP contribution in [0.1, 0.15) is 30.9 Å². The summed E-state index contributed by atoms with van der Waals surface area (Å²) < 4.78 is 7.85. The van der Waals surface area contributed by atoms with Gasteiger partial charge in [-0.15, -0.1) is 0 Å². The van der Waals surface area contributed by atoms with Gasteiger partial charge in [-0.25, -0.2) is 4.68 Å². The molecule has 0 unspecified atom stereocenters. The molecule has 4 aromatic carbocycles. The molecule has 2 heterocycles. The van der Waals surface area contributed by atoms with Crippen molar-refractivity contribution in [1.29, 1.82) is 0 Å². The highest BCUT2D eigenvalue weighted by molar-refractivity contribution is 6.37. The van der Waals surface area contributed by atoms with E-state index in [-0.39, 0.29) is 5.91 Å². The minimum Gasteiger partial charge on any atom is -0.494 e. The fraction of sp³-hybridized carbons (Fsp3) is 0.114. The zero-order valence-corrected chi connectivity index (χ0v) is 22.9. The van der Waals surface area contributed by atoms with Crippen LogP contribution in [0, 0.1) is 0 Å². The maximum absolute atomic E-state index is 13.9. The summed E-state index contributed by atoms with van der Waals surface area (Å²) in [6.45, 7) is 2.81. The van der Waals surface area contributed by atoms with Crippen LogP contribution in [-0.4, -0.2) is 28.0 Å². The Morgan fingerprint density at radius 2 is 1.44 bits per heavy atom. The Balaban J connectivity index is 1.48. The predicted octanol–water partition coefficient (Wildman–Crippen LogP) is 7.55. The summed E-state index contributed by atoms with van der Waals surface area (Å²) in [6.07, 6.45) is 5.93. The molecule has 1 amide bonds. The van der Waals surface area contributed by atoms with E-state index in [1.54, 1.807) is 0 Å². The molecule has 41 heavy (non-hydrogen) atoms. The van der Waals surface area contributed by atoms with Crippen LogP contribution >= 0.6 is 0 Å². The third-order valence-electron chi connectivity index (χ3n) is 6.86. The number of hydrogen-bond donors (Lipinski definition) is 0. The van der Waals surface area contributed by atoms with Gasteiger partial charge in [-0.3, -0.25) is 4.79 Å². The van der Waals surface area contributed by atoms with E-state index < -0.39 is 0 Å². The fourth-order valence-corrected chi connectivity index (χ4v) is 4.75. The minimum absolute atomic E-state index is 0.190. The third kappa shape index (κ3) is 5.58. The van der Waals surface area contributed by atoms with E-state index in [2.05, 4.69) is 6.92 Å². The molecule has 1 aliphatic rings. The first-order chi connectivity index (χ1) is 20.2. The van der Waals surface area contributed by atoms with Gasteiger partial charge in [0.05, 0.1) is 23.6 Å². The molecule has 0 N–H and O–H groups in total. The number of unbranched alkanes of at least 4 members (excludes halogenated alkanes) is 1. The Morgan fingerprint density at radius 1 is 0.780 bits per heavy atom. The number of hydrazone groups is 1. The van der Waals surface area contributed by atoms with E-state index in [0.29, 0.717) is 23.6 Å². The normalized spacial score (nSPS) is 14.0. The zero-order valence-electron chi connectivity index (χ0n) is 22.9. The number of para-hydroxylation sites is 2. The van der Waals surface area contributed by atoms with Crippen LogP contribution in [0.15, 0.2) is 132 Å². The van der Waals surface area contributed by atoms with E-state index in [1.165, 1.54) is 5.01 Å². The van der Waals surface area contributed by atoms with Gasteiger partial charge in [0.25, 0.3) is 5.91 Å². The molecule has 202 valence electrons. The number of carbonyl (C=O) groups is 1. The van der Waals surface area contributed by atoms with Crippen molar-refractivity contribution in [2.45, 2.75) is 19.8 Å². The maximum Gasteiger partial charge on any atom is 0.281 e. The molecule has 1 aliphatic heterocycles. The van der Waals surface area contributed by atoms with E-state index in [1.807, 2.05) is 132 Å². The molecule has 0 fully saturated rings. The lowest BCUT2D eigenvalue weighted by molar-refractivity contribution is -0.114. The van der Waals surface area contributed by atoms with Gasteiger partial charge in [0, 0.05) is 22.9 Å². The van der Waals surface area contributed by atoms with Crippen LogP contribution in [0.4, 0.5) is 5.69 Å². The van der Waals surface area contributed by atoms with Crippen molar-refractivity contribution in [3.63, 3.8) is 0 Å². The Kier molecular flexibility index (Phi) is 7.54. The van der Waals surface area contributed by atoms with Crippen molar-refractivity contribution in [3.8, 4) is 22.7 Å². The number of benzene rings is 4. The topological polar surface area (TPSA) is 59.7 Å². The van der Waals surface area contributed by atoms with Crippen LogP contribution < -0.4 is 9.75 Å². The van der Waals surface area contributed by atoms with Gasteiger partial charge in [-0.2, -0.15) is 15.2 Å². The second kappa shape index (κ2) is 11.9. The summed E-state index contributed by atoms with van der Waals surface area (Å²) in [5, 5.41) is 11.2. The first kappa shape index (κ1) is 26.0. The molecule has 0 spiro atoms. The molecule has 0 saturated heterocycles. The monoisotopic (exact) mass is 538 g/mol. The number of aromatic nitrogens is 2. The molecule has 0 bridgehead atoms. The van der Waals surface area contributed by atoms with Gasteiger partial charge < -0.3 is 4.74 Å². The lowest BCUT2D eigenvalue weighted by Gasteiger charge is -2.11. The van der Waals surface area contributed by atoms with Crippen molar-refractivity contribution >= 4 is 23.4 Å². The van der Waals surface area contributed by atoms with Gasteiger partial charge in [0.1, 0.15) is 17.2 Å². The summed E-state index contributed by atoms with van der Waals surface area (Å²) in [4.78, 5) is 13.9. The van der Waals surface area contributed by atoms with Gasteiger partial charge in [-0.1, -0.05) is 92.2 Å². The number of carbonyl (C=O) groups excluding carboxylic acids is 1. The number of nitrogens with zero attached hydrogens (tertiary/aromatic N) is 4. The van der Waals surface area contributed by atoms with E-state index in [4.69, 9.17) is 14.9 Å². The highest BCUT2D eigenvalue weighted by Gasteiger charge is 2.32. The summed E-state index contributed by atoms with van der Waals surface area (Å²) in [6, 6.07) is 37.2. The maximum atomic E-state index is 13.9. The predicted molar refractivity (Wildman–Crippen MR) is 164 cm³/mol. The second-order valence-electron chi connectivity index (χ2n) is 9.77. The number of ether oxygens (including phenoxy) is 1. The van der Waals surface area contributed by atoms with Crippen molar-refractivity contribution in [1.82, 2.24) is 9.78 Å². The van der Waals surface area contributed by atoms with Crippen LogP contribution in [-0.2, 0) is 4.79 Å². The summed E-state index contributed by atoms with van der Waals surface area (Å²) in [5.74, 6) is 0.604. The van der Waals surface area contributed by atoms with Crippen molar-refractivity contribution in [2.75, 3.05) is 11.6 Å². The molecule has 1 aromatic heterocycles. The number of anilines is 1. The van der Waals surface area contributed by atoms with Crippen molar-refractivity contribution in [3.05, 3.63) is 138 Å². The molecule has 0 atom stereocenters. The zero-order chi connectivity index (χ0) is 28.0. The number of hydrogen-bond acceptors (Lipinski definition) is 4. The molecule has 0 aliphatic carbocycles. The molecule has 6 nitrogen and oxygen atoms in total. The van der Waals surface area contributed by atoms with Gasteiger partial charge in [0.15, 0.2) is 0 Å². The minimum atomic E-state index is -0.190. The first-order valence-electron chi connectivity index (χ1n) is 13.8. The lowest BCUT2D eigenvalue weighted by Crippen LogP contribution is -2.21. The van der Waals surface area contributed by atoms with E-state index >= 15 is 0 Å². The third-order valence-corrected chi connectivity index (χ3v) is 6.86. The number of amides is 1. The fourth-order valence-electron chi connectivity index (χ4n) is 4.75. The quantitative estimate of drug-likeness (QED) is 0.144. The molecular formula is C35H30N4O2. The molecule has 0 radical (unpaired) electrons. The highest BCUT2D eigenvalue weighted by Crippen LogP contribution is 2.32. The Hall–Kier alpha value is -5.23.